The Morgan fingerprint density at radius 2 is 1.83 bits per heavy atom. The number of rotatable bonds is 4. The lowest BCUT2D eigenvalue weighted by Gasteiger charge is -2.12. The fourth-order valence-corrected chi connectivity index (χ4v) is 2.62. The quantitative estimate of drug-likeness (QED) is 0.692. The van der Waals surface area contributed by atoms with Gasteiger partial charge in [0.25, 0.3) is 5.56 Å². The summed E-state index contributed by atoms with van der Waals surface area (Å²) in [5.41, 5.74) is 0.775. The Morgan fingerprint density at radius 1 is 1.08 bits per heavy atom. The molecule has 0 radical (unpaired) electrons. The maximum atomic E-state index is 12.8. The van der Waals surface area contributed by atoms with Gasteiger partial charge in [-0.05, 0) is 25.1 Å². The first-order valence-electron chi connectivity index (χ1n) is 7.61. The van der Waals surface area contributed by atoms with Crippen molar-refractivity contribution < 1.29 is 14.3 Å². The van der Waals surface area contributed by atoms with E-state index < -0.39 is 5.97 Å². The third kappa shape index (κ3) is 2.76. The van der Waals surface area contributed by atoms with Crippen molar-refractivity contribution in [2.75, 3.05) is 13.7 Å². The molecule has 1 aromatic heterocycles. The molecule has 5 nitrogen and oxygen atoms in total. The van der Waals surface area contributed by atoms with Crippen LogP contribution in [0.2, 0.25) is 0 Å². The Balaban J connectivity index is 2.30. The maximum absolute atomic E-state index is 12.8. The van der Waals surface area contributed by atoms with Crippen LogP contribution in [0.4, 0.5) is 0 Å². The molecule has 0 bridgehead atoms. The van der Waals surface area contributed by atoms with Gasteiger partial charge in [-0.15, -0.1) is 0 Å². The average Bonchev–Trinajstić information content (AvgIpc) is 2.62. The number of esters is 1. The molecule has 0 N–H and O–H groups in total. The zero-order valence-corrected chi connectivity index (χ0v) is 13.5. The van der Waals surface area contributed by atoms with Crippen molar-refractivity contribution in [3.05, 3.63) is 70.6 Å². The van der Waals surface area contributed by atoms with Gasteiger partial charge < -0.3 is 9.47 Å². The smallest absolute Gasteiger partial charge is 0.340 e. The van der Waals surface area contributed by atoms with Gasteiger partial charge in [-0.25, -0.2) is 4.79 Å². The zero-order valence-electron chi connectivity index (χ0n) is 13.5. The van der Waals surface area contributed by atoms with E-state index in [1.54, 1.807) is 62.6 Å². The Hall–Kier alpha value is -3.08. The molecule has 3 aromatic rings. The Bertz CT molecular complexity index is 959. The van der Waals surface area contributed by atoms with Crippen LogP contribution in [0.15, 0.2) is 59.5 Å². The number of hydrogen-bond acceptors (Lipinski definition) is 4. The van der Waals surface area contributed by atoms with Crippen LogP contribution in [-0.2, 0) is 4.74 Å². The van der Waals surface area contributed by atoms with Gasteiger partial charge in [0.05, 0.1) is 25.0 Å². The molecular weight excluding hydrogens is 306 g/mol. The highest BCUT2D eigenvalue weighted by molar-refractivity contribution is 6.04. The third-order valence-electron chi connectivity index (χ3n) is 3.75. The van der Waals surface area contributed by atoms with Gasteiger partial charge in [-0.1, -0.05) is 24.3 Å². The minimum absolute atomic E-state index is 0.202. The highest BCUT2D eigenvalue weighted by Gasteiger charge is 2.16. The molecule has 0 unspecified atom stereocenters. The van der Waals surface area contributed by atoms with Crippen LogP contribution >= 0.6 is 0 Å². The first-order valence-corrected chi connectivity index (χ1v) is 7.61. The molecule has 0 spiro atoms. The van der Waals surface area contributed by atoms with E-state index in [2.05, 4.69) is 0 Å². The van der Waals surface area contributed by atoms with Crippen LogP contribution in [0.1, 0.15) is 17.3 Å². The van der Waals surface area contributed by atoms with Crippen LogP contribution in [-0.4, -0.2) is 24.3 Å². The van der Waals surface area contributed by atoms with Crippen molar-refractivity contribution in [3.8, 4) is 11.4 Å². The van der Waals surface area contributed by atoms with Crippen LogP contribution in [0.5, 0.6) is 5.75 Å². The Labute approximate surface area is 139 Å². The standard InChI is InChI=1S/C19H17NO4/c1-3-24-19(22)17-12-20(13-7-6-8-14(11-13)23-2)18(21)16-10-5-4-9-15(16)17/h4-12H,3H2,1-2H3. The van der Waals surface area contributed by atoms with Gasteiger partial charge in [-0.3, -0.25) is 9.36 Å². The van der Waals surface area contributed by atoms with E-state index in [0.717, 1.165) is 0 Å². The number of carbonyl (C=O) groups is 1. The predicted octanol–water partition coefficient (Wildman–Crippen LogP) is 3.18. The van der Waals surface area contributed by atoms with Gasteiger partial charge in [0.15, 0.2) is 0 Å². The third-order valence-corrected chi connectivity index (χ3v) is 3.75. The number of pyridine rings is 1. The number of hydrogen-bond donors (Lipinski definition) is 0. The Kier molecular flexibility index (Phi) is 4.33. The van der Waals surface area contributed by atoms with Crippen molar-refractivity contribution >= 4 is 16.7 Å². The lowest BCUT2D eigenvalue weighted by molar-refractivity contribution is 0.0528. The van der Waals surface area contributed by atoms with E-state index in [4.69, 9.17) is 9.47 Å². The molecule has 0 amide bonds. The normalized spacial score (nSPS) is 10.6. The summed E-state index contributed by atoms with van der Waals surface area (Å²) in [6.07, 6.45) is 1.53. The fourth-order valence-electron chi connectivity index (χ4n) is 2.62. The van der Waals surface area contributed by atoms with Gasteiger partial charge in [0, 0.05) is 23.0 Å². The molecule has 0 saturated carbocycles. The van der Waals surface area contributed by atoms with Gasteiger partial charge >= 0.3 is 5.97 Å². The second-order valence-electron chi connectivity index (χ2n) is 5.19. The summed E-state index contributed by atoms with van der Waals surface area (Å²) in [6, 6.07) is 14.1. The minimum Gasteiger partial charge on any atom is -0.497 e. The number of methoxy groups -OCH3 is 1. The van der Waals surface area contributed by atoms with Gasteiger partial charge in [-0.2, -0.15) is 0 Å². The highest BCUT2D eigenvalue weighted by Crippen LogP contribution is 2.20. The molecule has 2 aromatic carbocycles. The van der Waals surface area contributed by atoms with Crippen LogP contribution < -0.4 is 10.3 Å². The lowest BCUT2D eigenvalue weighted by Crippen LogP contribution is -2.21. The number of nitrogens with zero attached hydrogens (tertiary/aromatic N) is 1. The molecular formula is C19H17NO4. The van der Waals surface area contributed by atoms with Crippen molar-refractivity contribution in [2.45, 2.75) is 6.92 Å². The van der Waals surface area contributed by atoms with Gasteiger partial charge in [0.2, 0.25) is 0 Å². The summed E-state index contributed by atoms with van der Waals surface area (Å²) < 4.78 is 11.8. The van der Waals surface area contributed by atoms with Crippen LogP contribution in [0.3, 0.4) is 0 Å². The van der Waals surface area contributed by atoms with Crippen molar-refractivity contribution in [3.63, 3.8) is 0 Å². The summed E-state index contributed by atoms with van der Waals surface area (Å²) >= 11 is 0. The number of ether oxygens (including phenoxy) is 2. The van der Waals surface area contributed by atoms with E-state index in [-0.39, 0.29) is 12.2 Å². The van der Waals surface area contributed by atoms with E-state index in [1.165, 1.54) is 10.8 Å². The van der Waals surface area contributed by atoms with Crippen LogP contribution in [0.25, 0.3) is 16.5 Å². The summed E-state index contributed by atoms with van der Waals surface area (Å²) in [5, 5.41) is 1.05. The lowest BCUT2D eigenvalue weighted by atomic mass is 10.1. The first kappa shape index (κ1) is 15.8. The van der Waals surface area contributed by atoms with Crippen molar-refractivity contribution in [1.29, 1.82) is 0 Å². The van der Waals surface area contributed by atoms with E-state index in [9.17, 15) is 9.59 Å². The molecule has 0 saturated heterocycles. The minimum atomic E-state index is -0.453. The number of benzene rings is 2. The Morgan fingerprint density at radius 3 is 2.54 bits per heavy atom. The largest absolute Gasteiger partial charge is 0.497 e. The first-order chi connectivity index (χ1) is 11.7. The second-order valence-corrected chi connectivity index (χ2v) is 5.19. The monoisotopic (exact) mass is 323 g/mol. The molecule has 0 aliphatic rings. The number of carbonyl (C=O) groups excluding carboxylic acids is 1. The molecule has 1 heterocycles. The predicted molar refractivity (Wildman–Crippen MR) is 92.1 cm³/mol. The molecule has 0 fully saturated rings. The molecule has 24 heavy (non-hydrogen) atoms. The van der Waals surface area contributed by atoms with Crippen LogP contribution in [0, 0.1) is 0 Å². The van der Waals surface area contributed by atoms with Crippen molar-refractivity contribution in [1.82, 2.24) is 4.57 Å². The molecule has 0 atom stereocenters. The molecule has 122 valence electrons. The maximum Gasteiger partial charge on any atom is 0.340 e. The molecule has 0 aliphatic carbocycles. The topological polar surface area (TPSA) is 57.5 Å². The van der Waals surface area contributed by atoms with E-state index in [0.29, 0.717) is 27.8 Å². The number of aromatic nitrogens is 1. The summed E-state index contributed by atoms with van der Waals surface area (Å²) in [6.45, 7) is 2.02. The number of fused-ring (bicyclic) bond motifs is 1. The zero-order chi connectivity index (χ0) is 17.1. The molecule has 0 aliphatic heterocycles. The highest BCUT2D eigenvalue weighted by atomic mass is 16.5. The van der Waals surface area contributed by atoms with Gasteiger partial charge in [0.1, 0.15) is 5.75 Å². The fraction of sp³-hybridized carbons (Fsp3) is 0.158. The summed E-state index contributed by atoms with van der Waals surface area (Å²) in [7, 11) is 1.56. The average molecular weight is 323 g/mol. The SMILES string of the molecule is CCOC(=O)c1cn(-c2cccc(OC)c2)c(=O)c2ccccc12. The summed E-state index contributed by atoms with van der Waals surface area (Å²) in [4.78, 5) is 25.1. The molecule has 5 heteroatoms. The second kappa shape index (κ2) is 6.58. The molecule has 3 rings (SSSR count). The van der Waals surface area contributed by atoms with E-state index >= 15 is 0 Å². The summed E-state index contributed by atoms with van der Waals surface area (Å²) in [5.74, 6) is 0.176. The van der Waals surface area contributed by atoms with Crippen molar-refractivity contribution in [2.24, 2.45) is 0 Å². The van der Waals surface area contributed by atoms with E-state index in [1.807, 2.05) is 0 Å².